The first-order chi connectivity index (χ1) is 23.1. The maximum Gasteiger partial charge on any atom is 0.198 e. The Kier molecular flexibility index (Phi) is 4.91. The highest BCUT2D eigenvalue weighted by Gasteiger charge is 2.41. The highest BCUT2D eigenvalue weighted by molar-refractivity contribution is 7.26. The van der Waals surface area contributed by atoms with Gasteiger partial charge in [-0.15, -0.1) is 11.3 Å². The molecule has 0 atom stereocenters. The molecule has 4 heterocycles. The number of rotatable bonds is 1. The predicted molar refractivity (Wildman–Crippen MR) is 205 cm³/mol. The van der Waals surface area contributed by atoms with Crippen LogP contribution in [-0.4, -0.2) is 12.3 Å². The van der Waals surface area contributed by atoms with Crippen LogP contribution in [0.5, 0.6) is 0 Å². The van der Waals surface area contributed by atoms with Gasteiger partial charge in [-0.2, -0.15) is 0 Å². The van der Waals surface area contributed by atoms with Gasteiger partial charge < -0.3 is 9.88 Å². The predicted octanol–water partition coefficient (Wildman–Crippen LogP) is 10.3. The van der Waals surface area contributed by atoms with E-state index in [0.717, 1.165) is 7.28 Å². The van der Waals surface area contributed by atoms with Gasteiger partial charge in [0.15, 0.2) is 7.28 Å². The molecule has 0 spiro atoms. The Morgan fingerprint density at radius 2 is 1.36 bits per heavy atom. The third-order valence-corrected chi connectivity index (χ3v) is 12.2. The van der Waals surface area contributed by atoms with Gasteiger partial charge in [-0.25, -0.2) is 0 Å². The Hall–Kier alpha value is -5.32. The summed E-state index contributed by atoms with van der Waals surface area (Å²) in [5.74, 6) is 0. The summed E-state index contributed by atoms with van der Waals surface area (Å²) in [6, 6.07) is 47.6. The molecule has 0 amide bonds. The van der Waals surface area contributed by atoms with Crippen LogP contribution >= 0.6 is 11.3 Å². The summed E-state index contributed by atoms with van der Waals surface area (Å²) in [5, 5.41) is 7.75. The maximum absolute atomic E-state index is 3.98. The number of aromatic amines is 1. The molecule has 9 aromatic rings. The molecule has 0 bridgehead atoms. The number of thiophene rings is 1. The van der Waals surface area contributed by atoms with Gasteiger partial charge in [0.2, 0.25) is 0 Å². The number of anilines is 3. The summed E-state index contributed by atoms with van der Waals surface area (Å²) in [4.78, 5) is 6.57. The summed E-state index contributed by atoms with van der Waals surface area (Å²) < 4.78 is 2.70. The molecule has 2 aliphatic heterocycles. The van der Waals surface area contributed by atoms with Crippen molar-refractivity contribution in [2.45, 2.75) is 19.3 Å². The number of aromatic nitrogens is 1. The summed E-state index contributed by atoms with van der Waals surface area (Å²) in [5.41, 5.74) is 14.5. The third-order valence-electron chi connectivity index (χ3n) is 11.0. The fourth-order valence-corrected chi connectivity index (χ4v) is 10.1. The number of fused-ring (bicyclic) bond motifs is 12. The van der Waals surface area contributed by atoms with Crippen LogP contribution in [0.1, 0.15) is 25.0 Å². The number of benzene rings is 7. The monoisotopic (exact) mass is 616 g/mol. The average Bonchev–Trinajstić information content (AvgIpc) is 3.68. The van der Waals surface area contributed by atoms with E-state index in [4.69, 9.17) is 0 Å². The average molecular weight is 617 g/mol. The van der Waals surface area contributed by atoms with Crippen LogP contribution in [0, 0.1) is 0 Å². The molecule has 1 N–H and O–H groups in total. The number of H-pyrrole nitrogens is 1. The Morgan fingerprint density at radius 1 is 0.617 bits per heavy atom. The molecule has 7 aromatic carbocycles. The zero-order valence-electron chi connectivity index (χ0n) is 26.2. The second-order valence-electron chi connectivity index (χ2n) is 13.8. The number of nitrogens with one attached hydrogen (secondary N) is 1. The third kappa shape index (κ3) is 3.26. The zero-order chi connectivity index (χ0) is 31.0. The van der Waals surface area contributed by atoms with E-state index in [2.05, 4.69) is 151 Å². The van der Waals surface area contributed by atoms with Crippen LogP contribution in [0.25, 0.3) is 63.9 Å². The fraction of sp³-hybridized carbons (Fsp3) is 0.0698. The van der Waals surface area contributed by atoms with Crippen LogP contribution in [0.4, 0.5) is 17.1 Å². The minimum atomic E-state index is -0.0866. The lowest BCUT2D eigenvalue weighted by molar-refractivity contribution is 0.632. The molecule has 2 aliphatic rings. The van der Waals surface area contributed by atoms with E-state index >= 15 is 0 Å². The lowest BCUT2D eigenvalue weighted by Crippen LogP contribution is -2.45. The standard InChI is InChI=1S/C43H29BN2S/c1-43(2)31-16-6-7-19-34(31)46-35-23-30-26-13-5-8-20-36(26)47-42(30)37(38(35)44-33-18-10-17-32(43)41(33)46)29-15-9-14-27-28-22-21-24-11-3-4-12-25(24)39(28)45-40(27)29/h3-23,44-45H,1-2H3. The molecule has 0 saturated heterocycles. The van der Waals surface area contributed by atoms with Crippen molar-refractivity contribution in [2.75, 3.05) is 4.90 Å². The van der Waals surface area contributed by atoms with Crippen molar-refractivity contribution < 1.29 is 0 Å². The number of nitrogens with zero attached hydrogens (tertiary/aromatic N) is 1. The van der Waals surface area contributed by atoms with Crippen molar-refractivity contribution in [1.82, 2.24) is 4.98 Å². The first-order valence-electron chi connectivity index (χ1n) is 16.5. The van der Waals surface area contributed by atoms with Gasteiger partial charge in [0.1, 0.15) is 0 Å². The van der Waals surface area contributed by atoms with Crippen LogP contribution in [-0.2, 0) is 5.41 Å². The Bertz CT molecular complexity index is 2820. The molecule has 4 heteroatoms. The minimum Gasteiger partial charge on any atom is -0.353 e. The summed E-state index contributed by atoms with van der Waals surface area (Å²) >= 11 is 1.93. The van der Waals surface area contributed by atoms with Crippen LogP contribution in [0.15, 0.2) is 127 Å². The van der Waals surface area contributed by atoms with Gasteiger partial charge in [-0.1, -0.05) is 129 Å². The quantitative estimate of drug-likeness (QED) is 0.182. The Balaban J connectivity index is 1.31. The van der Waals surface area contributed by atoms with Crippen LogP contribution in [0.2, 0.25) is 0 Å². The van der Waals surface area contributed by atoms with Gasteiger partial charge in [-0.05, 0) is 45.7 Å². The van der Waals surface area contributed by atoms with Crippen molar-refractivity contribution in [3.05, 3.63) is 139 Å². The molecular weight excluding hydrogens is 587 g/mol. The second kappa shape index (κ2) is 8.93. The molecule has 2 nitrogen and oxygen atoms in total. The van der Waals surface area contributed by atoms with Crippen molar-refractivity contribution in [1.29, 1.82) is 0 Å². The van der Waals surface area contributed by atoms with Crippen molar-refractivity contribution in [2.24, 2.45) is 0 Å². The molecule has 47 heavy (non-hydrogen) atoms. The molecule has 11 rings (SSSR count). The zero-order valence-corrected chi connectivity index (χ0v) is 27.0. The molecule has 0 unspecified atom stereocenters. The van der Waals surface area contributed by atoms with Gasteiger partial charge in [0.25, 0.3) is 0 Å². The summed E-state index contributed by atoms with van der Waals surface area (Å²) in [6.45, 7) is 4.77. The highest BCUT2D eigenvalue weighted by Crippen LogP contribution is 2.54. The molecule has 2 aromatic heterocycles. The SMILES string of the molecule is CC1(C)c2ccccc2N2c3cc4c(sc5ccccc54)c(-c4cccc5c4[nH]c4c6ccccc6ccc54)c3Bc3cccc1c32. The topological polar surface area (TPSA) is 19.0 Å². The highest BCUT2D eigenvalue weighted by atomic mass is 32.1. The molecule has 0 radical (unpaired) electrons. The summed E-state index contributed by atoms with van der Waals surface area (Å²) in [7, 11) is 0.895. The van der Waals surface area contributed by atoms with E-state index in [9.17, 15) is 0 Å². The van der Waals surface area contributed by atoms with Crippen molar-refractivity contribution in [3.63, 3.8) is 0 Å². The van der Waals surface area contributed by atoms with Crippen LogP contribution < -0.4 is 15.8 Å². The van der Waals surface area contributed by atoms with E-state index in [1.165, 1.54) is 103 Å². The Morgan fingerprint density at radius 3 is 2.30 bits per heavy atom. The van der Waals surface area contributed by atoms with Crippen molar-refractivity contribution >= 4 is 99.4 Å². The molecule has 0 aliphatic carbocycles. The largest absolute Gasteiger partial charge is 0.353 e. The van der Waals surface area contributed by atoms with Gasteiger partial charge in [0, 0.05) is 58.7 Å². The first-order valence-corrected chi connectivity index (χ1v) is 17.3. The number of hydrogen-bond donors (Lipinski definition) is 1. The van der Waals surface area contributed by atoms with E-state index in [1.54, 1.807) is 0 Å². The smallest absolute Gasteiger partial charge is 0.198 e. The first kappa shape index (κ1) is 25.8. The number of hydrogen-bond acceptors (Lipinski definition) is 2. The van der Waals surface area contributed by atoms with Gasteiger partial charge in [0.05, 0.1) is 16.7 Å². The van der Waals surface area contributed by atoms with E-state index < -0.39 is 0 Å². The lowest BCUT2D eigenvalue weighted by Gasteiger charge is -2.46. The Labute approximate surface area is 277 Å². The lowest BCUT2D eigenvalue weighted by atomic mass is 9.56. The van der Waals surface area contributed by atoms with Crippen LogP contribution in [0.3, 0.4) is 0 Å². The van der Waals surface area contributed by atoms with Gasteiger partial charge >= 0.3 is 0 Å². The second-order valence-corrected chi connectivity index (χ2v) is 14.8. The molecule has 0 saturated carbocycles. The molecule has 220 valence electrons. The van der Waals surface area contributed by atoms with E-state index in [0.29, 0.717) is 0 Å². The fourth-order valence-electron chi connectivity index (χ4n) is 8.83. The van der Waals surface area contributed by atoms with Crippen molar-refractivity contribution in [3.8, 4) is 11.1 Å². The minimum absolute atomic E-state index is 0.0866. The van der Waals surface area contributed by atoms with E-state index in [-0.39, 0.29) is 5.41 Å². The molecular formula is C43H29BN2S. The summed E-state index contributed by atoms with van der Waals surface area (Å²) in [6.07, 6.45) is 0. The normalized spacial score (nSPS) is 14.5. The van der Waals surface area contributed by atoms with E-state index in [1.807, 2.05) is 11.3 Å². The maximum atomic E-state index is 3.98. The van der Waals surface area contributed by atoms with Gasteiger partial charge in [-0.3, -0.25) is 0 Å². The molecule has 0 fully saturated rings. The number of para-hydroxylation sites is 3.